The number of hydrogen-bond acceptors (Lipinski definition) is 3. The van der Waals surface area contributed by atoms with Crippen LogP contribution in [0.4, 0.5) is 5.69 Å². The molecule has 1 N–H and O–H groups in total. The molecule has 0 bridgehead atoms. The van der Waals surface area contributed by atoms with Gasteiger partial charge in [-0.05, 0) is 38.1 Å². The van der Waals surface area contributed by atoms with E-state index in [2.05, 4.69) is 5.32 Å². The number of allylic oxidation sites excluding steroid dienone is 1. The van der Waals surface area contributed by atoms with Crippen molar-refractivity contribution in [1.29, 1.82) is 0 Å². The molecule has 0 aromatic heterocycles. The molecule has 0 aliphatic carbocycles. The van der Waals surface area contributed by atoms with Crippen LogP contribution < -0.4 is 5.32 Å². The van der Waals surface area contributed by atoms with Gasteiger partial charge < -0.3 is 5.32 Å². The first-order valence-electron chi connectivity index (χ1n) is 5.55. The molecule has 0 unspecified atom stereocenters. The monoisotopic (exact) mass is 267 g/mol. The molecule has 0 saturated heterocycles. The zero-order chi connectivity index (χ0) is 13.8. The minimum Gasteiger partial charge on any atom is -0.326 e. The molecule has 0 saturated carbocycles. The predicted molar refractivity (Wildman–Crippen MR) is 72.2 cm³/mol. The minimum absolute atomic E-state index is 0.00514. The fourth-order valence-electron chi connectivity index (χ4n) is 1.32. The van der Waals surface area contributed by atoms with E-state index < -0.39 is 9.84 Å². The smallest absolute Gasteiger partial charge is 0.221 e. The summed E-state index contributed by atoms with van der Waals surface area (Å²) in [6.07, 6.45) is 1.68. The third kappa shape index (κ3) is 4.33. The fourth-order valence-corrected chi connectivity index (χ4v) is 2.62. The zero-order valence-electron chi connectivity index (χ0n) is 10.7. The summed E-state index contributed by atoms with van der Waals surface area (Å²) < 4.78 is 23.9. The summed E-state index contributed by atoms with van der Waals surface area (Å²) in [5.74, 6) is -0.190. The van der Waals surface area contributed by atoms with Crippen molar-refractivity contribution < 1.29 is 13.2 Å². The van der Waals surface area contributed by atoms with Crippen molar-refractivity contribution in [1.82, 2.24) is 0 Å². The van der Waals surface area contributed by atoms with Gasteiger partial charge in [-0.2, -0.15) is 0 Å². The zero-order valence-corrected chi connectivity index (χ0v) is 11.5. The number of benzene rings is 1. The molecule has 0 aliphatic rings. The van der Waals surface area contributed by atoms with Crippen LogP contribution in [0.1, 0.15) is 20.8 Å². The van der Waals surface area contributed by atoms with E-state index in [-0.39, 0.29) is 16.6 Å². The highest BCUT2D eigenvalue weighted by Gasteiger charge is 2.12. The SMILES string of the molecule is CC(=O)Nc1ccc(S(=O)(=O)CC=C(C)C)cc1. The van der Waals surface area contributed by atoms with Gasteiger partial charge in [0.2, 0.25) is 5.91 Å². The second-order valence-corrected chi connectivity index (χ2v) is 6.30. The molecule has 1 aromatic carbocycles. The van der Waals surface area contributed by atoms with Crippen LogP contribution in [0.5, 0.6) is 0 Å². The summed E-state index contributed by atoms with van der Waals surface area (Å²) in [7, 11) is -3.29. The van der Waals surface area contributed by atoms with Crippen LogP contribution in [0.15, 0.2) is 40.8 Å². The first kappa shape index (κ1) is 14.4. The Labute approximate surface area is 108 Å². The van der Waals surface area contributed by atoms with Gasteiger partial charge >= 0.3 is 0 Å². The second kappa shape index (κ2) is 5.82. The van der Waals surface area contributed by atoms with E-state index in [1.165, 1.54) is 19.1 Å². The largest absolute Gasteiger partial charge is 0.326 e. The molecular formula is C13H17NO3S. The lowest BCUT2D eigenvalue weighted by atomic mass is 10.3. The van der Waals surface area contributed by atoms with Crippen molar-refractivity contribution >= 4 is 21.4 Å². The molecule has 0 heterocycles. The molecule has 0 aliphatic heterocycles. The Morgan fingerprint density at radius 2 is 1.72 bits per heavy atom. The lowest BCUT2D eigenvalue weighted by Crippen LogP contribution is -2.07. The molecule has 1 aromatic rings. The van der Waals surface area contributed by atoms with Gasteiger partial charge in [0.1, 0.15) is 0 Å². The molecule has 4 nitrogen and oxygen atoms in total. The molecule has 1 rings (SSSR count). The van der Waals surface area contributed by atoms with E-state index in [0.29, 0.717) is 5.69 Å². The predicted octanol–water partition coefficient (Wildman–Crippen LogP) is 2.38. The van der Waals surface area contributed by atoms with Gasteiger partial charge in [-0.1, -0.05) is 11.6 Å². The lowest BCUT2D eigenvalue weighted by Gasteiger charge is -2.05. The van der Waals surface area contributed by atoms with E-state index in [1.807, 2.05) is 13.8 Å². The summed E-state index contributed by atoms with van der Waals surface area (Å²) in [6, 6.07) is 6.16. The van der Waals surface area contributed by atoms with Gasteiger partial charge in [0.05, 0.1) is 10.6 Å². The Kier molecular flexibility index (Phi) is 4.67. The lowest BCUT2D eigenvalue weighted by molar-refractivity contribution is -0.114. The van der Waals surface area contributed by atoms with E-state index in [0.717, 1.165) is 5.57 Å². The number of carbonyl (C=O) groups excluding carboxylic acids is 1. The number of hydrogen-bond donors (Lipinski definition) is 1. The molecule has 0 fully saturated rings. The average molecular weight is 267 g/mol. The van der Waals surface area contributed by atoms with Crippen LogP contribution in [0.3, 0.4) is 0 Å². The normalized spacial score (nSPS) is 10.8. The fraction of sp³-hybridized carbons (Fsp3) is 0.308. The van der Waals surface area contributed by atoms with Crippen molar-refractivity contribution in [2.75, 3.05) is 11.1 Å². The Bertz CT molecular complexity index is 552. The topological polar surface area (TPSA) is 63.2 Å². The highest BCUT2D eigenvalue weighted by Crippen LogP contribution is 2.16. The number of rotatable bonds is 4. The Morgan fingerprint density at radius 3 is 2.17 bits per heavy atom. The number of carbonyl (C=O) groups is 1. The summed E-state index contributed by atoms with van der Waals surface area (Å²) in [6.45, 7) is 5.12. The maximum Gasteiger partial charge on any atom is 0.221 e. The standard InChI is InChI=1S/C13H17NO3S/c1-10(2)8-9-18(16,17)13-6-4-12(5-7-13)14-11(3)15/h4-8H,9H2,1-3H3,(H,14,15). The first-order valence-corrected chi connectivity index (χ1v) is 7.20. The maximum absolute atomic E-state index is 11.9. The number of amides is 1. The summed E-state index contributed by atoms with van der Waals surface area (Å²) in [4.78, 5) is 11.1. The van der Waals surface area contributed by atoms with Crippen LogP contribution in [0.25, 0.3) is 0 Å². The molecule has 1 amide bonds. The third-order valence-electron chi connectivity index (χ3n) is 2.24. The summed E-state index contributed by atoms with van der Waals surface area (Å²) in [5.41, 5.74) is 1.55. The highest BCUT2D eigenvalue weighted by molar-refractivity contribution is 7.91. The first-order chi connectivity index (χ1) is 8.31. The van der Waals surface area contributed by atoms with Crippen molar-refractivity contribution in [3.05, 3.63) is 35.9 Å². The maximum atomic E-state index is 11.9. The Hall–Kier alpha value is -1.62. The van der Waals surface area contributed by atoms with Crippen molar-refractivity contribution in [2.24, 2.45) is 0 Å². The molecule has 5 heteroatoms. The molecule has 0 atom stereocenters. The Morgan fingerprint density at radius 1 is 1.17 bits per heavy atom. The van der Waals surface area contributed by atoms with Gasteiger partial charge in [0.15, 0.2) is 9.84 Å². The average Bonchev–Trinajstić information content (AvgIpc) is 2.26. The van der Waals surface area contributed by atoms with E-state index in [9.17, 15) is 13.2 Å². The summed E-state index contributed by atoms with van der Waals surface area (Å²) >= 11 is 0. The van der Waals surface area contributed by atoms with Gasteiger partial charge in [-0.3, -0.25) is 4.79 Å². The van der Waals surface area contributed by atoms with E-state index in [4.69, 9.17) is 0 Å². The molecule has 18 heavy (non-hydrogen) atoms. The van der Waals surface area contributed by atoms with Crippen LogP contribution in [-0.4, -0.2) is 20.1 Å². The van der Waals surface area contributed by atoms with Crippen molar-refractivity contribution in [2.45, 2.75) is 25.7 Å². The molecular weight excluding hydrogens is 250 g/mol. The van der Waals surface area contributed by atoms with Gasteiger partial charge in [-0.15, -0.1) is 0 Å². The molecule has 0 radical (unpaired) electrons. The van der Waals surface area contributed by atoms with Crippen LogP contribution in [0.2, 0.25) is 0 Å². The van der Waals surface area contributed by atoms with Gasteiger partial charge in [0, 0.05) is 12.6 Å². The number of sulfone groups is 1. The molecule has 0 spiro atoms. The third-order valence-corrected chi connectivity index (χ3v) is 3.84. The quantitative estimate of drug-likeness (QED) is 0.852. The minimum atomic E-state index is -3.29. The van der Waals surface area contributed by atoms with E-state index >= 15 is 0 Å². The van der Waals surface area contributed by atoms with Crippen LogP contribution in [0, 0.1) is 0 Å². The number of anilines is 1. The van der Waals surface area contributed by atoms with Crippen molar-refractivity contribution in [3.8, 4) is 0 Å². The second-order valence-electron chi connectivity index (χ2n) is 4.27. The van der Waals surface area contributed by atoms with Crippen LogP contribution >= 0.6 is 0 Å². The highest BCUT2D eigenvalue weighted by atomic mass is 32.2. The van der Waals surface area contributed by atoms with Crippen molar-refractivity contribution in [3.63, 3.8) is 0 Å². The molecule has 98 valence electrons. The van der Waals surface area contributed by atoms with Gasteiger partial charge in [0.25, 0.3) is 0 Å². The summed E-state index contributed by atoms with van der Waals surface area (Å²) in [5, 5.41) is 2.59. The van der Waals surface area contributed by atoms with Gasteiger partial charge in [-0.25, -0.2) is 8.42 Å². The number of nitrogens with one attached hydrogen (secondary N) is 1. The Balaban J connectivity index is 2.91. The van der Waals surface area contributed by atoms with Crippen LogP contribution in [-0.2, 0) is 14.6 Å². The van der Waals surface area contributed by atoms with E-state index in [1.54, 1.807) is 18.2 Å².